The van der Waals surface area contributed by atoms with Crippen LogP contribution in [0.25, 0.3) is 0 Å². The van der Waals surface area contributed by atoms with E-state index in [1.54, 1.807) is 54.7 Å². The summed E-state index contributed by atoms with van der Waals surface area (Å²) in [6.45, 7) is 8.70. The van der Waals surface area contributed by atoms with Crippen molar-refractivity contribution in [2.24, 2.45) is 0 Å². The van der Waals surface area contributed by atoms with Crippen LogP contribution in [0.15, 0.2) is 24.3 Å². The molecule has 1 saturated heterocycles. The van der Waals surface area contributed by atoms with Gasteiger partial charge in [0.15, 0.2) is 5.78 Å². The maximum absolute atomic E-state index is 13.8. The lowest BCUT2D eigenvalue weighted by atomic mass is 9.98. The Labute approximate surface area is 200 Å². The van der Waals surface area contributed by atoms with E-state index in [4.69, 9.17) is 14.2 Å². The molecule has 2 atom stereocenters. The van der Waals surface area contributed by atoms with Crippen molar-refractivity contribution in [3.8, 4) is 5.75 Å². The Hall–Kier alpha value is -3.13. The highest BCUT2D eigenvalue weighted by atomic mass is 16.5. The molecule has 8 nitrogen and oxygen atoms in total. The first-order valence-electron chi connectivity index (χ1n) is 11.6. The summed E-state index contributed by atoms with van der Waals surface area (Å²) in [6.07, 6.45) is 1.65. The summed E-state index contributed by atoms with van der Waals surface area (Å²) in [4.78, 5) is 41.4. The molecule has 0 aliphatic carbocycles. The Bertz CT molecular complexity index is 1050. The zero-order valence-electron chi connectivity index (χ0n) is 20.8. The first-order valence-corrected chi connectivity index (χ1v) is 11.6. The third-order valence-corrected chi connectivity index (χ3v) is 6.58. The Kier molecular flexibility index (Phi) is 8.15. The fourth-order valence-corrected chi connectivity index (χ4v) is 4.69. The fraction of sp³-hybridized carbons (Fsp3) is 0.500. The maximum atomic E-state index is 13.8. The highest BCUT2D eigenvalue weighted by molar-refractivity contribution is 6.07. The third kappa shape index (κ3) is 4.87. The molecule has 34 heavy (non-hydrogen) atoms. The van der Waals surface area contributed by atoms with Crippen molar-refractivity contribution < 1.29 is 28.6 Å². The molecule has 1 fully saturated rings. The number of benzene rings is 1. The Balaban J connectivity index is 1.99. The number of aromatic nitrogens is 1. The monoisotopic (exact) mass is 470 g/mol. The Morgan fingerprint density at radius 1 is 1.18 bits per heavy atom. The smallest absolute Gasteiger partial charge is 0.354 e. The molecular formula is C26H34N2O6. The number of ketones is 1. The van der Waals surface area contributed by atoms with Crippen LogP contribution in [0, 0.1) is 13.8 Å². The molecule has 2 unspecified atom stereocenters. The molecule has 2 aromatic rings. The number of esters is 1. The summed E-state index contributed by atoms with van der Waals surface area (Å²) >= 11 is 0. The van der Waals surface area contributed by atoms with E-state index < -0.39 is 12.0 Å². The number of carbonyl (C=O) groups excluding carboxylic acids is 3. The Morgan fingerprint density at radius 2 is 1.85 bits per heavy atom. The molecule has 1 aliphatic rings. The van der Waals surface area contributed by atoms with E-state index in [0.29, 0.717) is 53.5 Å². The van der Waals surface area contributed by atoms with Crippen molar-refractivity contribution in [3.63, 3.8) is 0 Å². The number of Topliss-reactive ketones (excluding diaryl/α,β-unsaturated/α-hetero) is 1. The van der Waals surface area contributed by atoms with Crippen LogP contribution < -0.4 is 4.74 Å². The van der Waals surface area contributed by atoms with Crippen LogP contribution in [0.5, 0.6) is 5.75 Å². The number of hydrogen-bond acceptors (Lipinski definition) is 6. The Morgan fingerprint density at radius 3 is 2.38 bits per heavy atom. The van der Waals surface area contributed by atoms with E-state index >= 15 is 0 Å². The molecule has 0 bridgehead atoms. The number of amides is 1. The molecule has 0 spiro atoms. The van der Waals surface area contributed by atoms with Gasteiger partial charge in [-0.25, -0.2) is 4.79 Å². The maximum Gasteiger partial charge on any atom is 0.354 e. The highest BCUT2D eigenvalue weighted by Gasteiger charge is 2.35. The lowest BCUT2D eigenvalue weighted by Gasteiger charge is -2.31. The van der Waals surface area contributed by atoms with Crippen molar-refractivity contribution in [2.75, 3.05) is 27.4 Å². The van der Waals surface area contributed by atoms with Gasteiger partial charge in [0.1, 0.15) is 11.4 Å². The number of ether oxygens (including phenoxy) is 3. The van der Waals surface area contributed by atoms with Gasteiger partial charge in [-0.3, -0.25) is 9.59 Å². The van der Waals surface area contributed by atoms with Crippen LogP contribution >= 0.6 is 0 Å². The van der Waals surface area contributed by atoms with Crippen molar-refractivity contribution in [1.29, 1.82) is 0 Å². The van der Waals surface area contributed by atoms with Crippen molar-refractivity contribution in [2.45, 2.75) is 59.2 Å². The van der Waals surface area contributed by atoms with Gasteiger partial charge in [0, 0.05) is 36.5 Å². The lowest BCUT2D eigenvalue weighted by molar-refractivity contribution is 0.0410. The zero-order chi connectivity index (χ0) is 25.0. The van der Waals surface area contributed by atoms with Gasteiger partial charge >= 0.3 is 5.97 Å². The van der Waals surface area contributed by atoms with Gasteiger partial charge in [0.05, 0.1) is 26.4 Å². The van der Waals surface area contributed by atoms with E-state index in [1.165, 1.54) is 7.11 Å². The van der Waals surface area contributed by atoms with Crippen LogP contribution in [0.4, 0.5) is 0 Å². The predicted octanol–water partition coefficient (Wildman–Crippen LogP) is 3.81. The molecule has 1 aromatic heterocycles. The topological polar surface area (TPSA) is 87.1 Å². The average molecular weight is 471 g/mol. The predicted molar refractivity (Wildman–Crippen MR) is 128 cm³/mol. The average Bonchev–Trinajstić information content (AvgIpc) is 3.45. The molecule has 0 N–H and O–H groups in total. The van der Waals surface area contributed by atoms with Crippen molar-refractivity contribution in [1.82, 2.24) is 9.47 Å². The summed E-state index contributed by atoms with van der Waals surface area (Å²) in [5.74, 6) is -0.307. The van der Waals surface area contributed by atoms with Gasteiger partial charge < -0.3 is 23.7 Å². The second-order valence-corrected chi connectivity index (χ2v) is 8.53. The van der Waals surface area contributed by atoms with Crippen LogP contribution in [0.2, 0.25) is 0 Å². The molecule has 0 radical (unpaired) electrons. The van der Waals surface area contributed by atoms with Crippen LogP contribution in [-0.2, 0) is 16.0 Å². The van der Waals surface area contributed by atoms with E-state index in [1.807, 2.05) is 13.8 Å². The normalized spacial score (nSPS) is 16.2. The second kappa shape index (κ2) is 10.9. The highest BCUT2D eigenvalue weighted by Crippen LogP contribution is 2.27. The molecule has 1 amide bonds. The van der Waals surface area contributed by atoms with Gasteiger partial charge in [0.25, 0.3) is 5.91 Å². The van der Waals surface area contributed by atoms with E-state index in [-0.39, 0.29) is 17.8 Å². The quantitative estimate of drug-likeness (QED) is 0.409. The van der Waals surface area contributed by atoms with Gasteiger partial charge in [-0.2, -0.15) is 0 Å². The second-order valence-electron chi connectivity index (χ2n) is 8.53. The summed E-state index contributed by atoms with van der Waals surface area (Å²) < 4.78 is 17.7. The van der Waals surface area contributed by atoms with E-state index in [9.17, 15) is 14.4 Å². The lowest BCUT2D eigenvalue weighted by Crippen LogP contribution is -2.47. The number of rotatable bonds is 9. The van der Waals surface area contributed by atoms with Crippen LogP contribution in [0.1, 0.15) is 69.2 Å². The molecule has 1 aliphatic heterocycles. The zero-order valence-corrected chi connectivity index (χ0v) is 20.8. The number of methoxy groups -OCH3 is 2. The van der Waals surface area contributed by atoms with Crippen LogP contribution in [0.3, 0.4) is 0 Å². The minimum atomic E-state index is -0.755. The summed E-state index contributed by atoms with van der Waals surface area (Å²) in [5, 5.41) is 0. The number of carbonyl (C=O) groups is 3. The molecule has 8 heteroatoms. The molecule has 0 saturated carbocycles. The minimum Gasteiger partial charge on any atom is -0.497 e. The fourth-order valence-electron chi connectivity index (χ4n) is 4.69. The standard InChI is InChI=1S/C26H34N2O6/c1-7-27-17(3)22(16(2)23(27)26(31)33-6)24(29)18(4)28(15-21-9-8-14-34-21)25(30)19-10-12-20(32-5)13-11-19/h10-13,18,21H,7-9,14-15H2,1-6H3. The molecule has 184 valence electrons. The largest absolute Gasteiger partial charge is 0.497 e. The summed E-state index contributed by atoms with van der Waals surface area (Å²) in [6, 6.07) is 6.08. The minimum absolute atomic E-state index is 0.120. The SMILES string of the molecule is CCn1c(C)c(C(=O)C(C)N(CC2CCCO2)C(=O)c2ccc(OC)cc2)c(C)c1C(=O)OC. The van der Waals surface area contributed by atoms with Gasteiger partial charge in [-0.15, -0.1) is 0 Å². The first-order chi connectivity index (χ1) is 16.2. The molecule has 2 heterocycles. The third-order valence-electron chi connectivity index (χ3n) is 6.58. The van der Waals surface area contributed by atoms with E-state index in [0.717, 1.165) is 12.8 Å². The van der Waals surface area contributed by atoms with Gasteiger partial charge in [-0.05, 0) is 70.4 Å². The number of hydrogen-bond donors (Lipinski definition) is 0. The van der Waals surface area contributed by atoms with Crippen molar-refractivity contribution in [3.05, 3.63) is 52.3 Å². The number of nitrogens with zero attached hydrogens (tertiary/aromatic N) is 2. The van der Waals surface area contributed by atoms with Crippen molar-refractivity contribution >= 4 is 17.7 Å². The van der Waals surface area contributed by atoms with E-state index in [2.05, 4.69) is 0 Å². The molecule has 3 rings (SSSR count). The molecular weight excluding hydrogens is 436 g/mol. The molecule has 1 aromatic carbocycles. The first kappa shape index (κ1) is 25.5. The van der Waals surface area contributed by atoms with Gasteiger partial charge in [0.2, 0.25) is 0 Å². The summed E-state index contributed by atoms with van der Waals surface area (Å²) in [5.41, 5.74) is 2.54. The van der Waals surface area contributed by atoms with Crippen LogP contribution in [-0.4, -0.2) is 66.6 Å². The summed E-state index contributed by atoms with van der Waals surface area (Å²) in [7, 11) is 2.89. The van der Waals surface area contributed by atoms with Gasteiger partial charge in [-0.1, -0.05) is 0 Å².